The van der Waals surface area contributed by atoms with Crippen LogP contribution < -0.4 is 5.73 Å². The van der Waals surface area contributed by atoms with E-state index in [1.807, 2.05) is 13.8 Å². The number of nitro groups is 1. The van der Waals surface area contributed by atoms with Crippen molar-refractivity contribution in [2.75, 3.05) is 0 Å². The first-order valence-electron chi connectivity index (χ1n) is 5.79. The molecule has 19 heavy (non-hydrogen) atoms. The van der Waals surface area contributed by atoms with Crippen molar-refractivity contribution in [3.05, 3.63) is 33.9 Å². The van der Waals surface area contributed by atoms with Crippen LogP contribution in [0.15, 0.2) is 18.2 Å². The van der Waals surface area contributed by atoms with E-state index in [9.17, 15) is 20.3 Å². The van der Waals surface area contributed by atoms with Gasteiger partial charge in [-0.25, -0.2) is 0 Å². The lowest BCUT2D eigenvalue weighted by Crippen LogP contribution is -2.32. The van der Waals surface area contributed by atoms with Gasteiger partial charge >= 0.3 is 0 Å². The van der Waals surface area contributed by atoms with Crippen molar-refractivity contribution in [2.24, 2.45) is 11.7 Å². The molecule has 0 aliphatic carbocycles. The Hall–Kier alpha value is -1.37. The molecule has 0 saturated carbocycles. The maximum atomic E-state index is 10.9. The Morgan fingerprint density at radius 3 is 2.53 bits per heavy atom. The second-order valence-corrected chi connectivity index (χ2v) is 4.40. The number of benzene rings is 1. The number of aliphatic hydroxyl groups excluding tert-OH is 1. The van der Waals surface area contributed by atoms with Gasteiger partial charge in [0.25, 0.3) is 5.69 Å². The summed E-state index contributed by atoms with van der Waals surface area (Å²) >= 11 is 0. The Morgan fingerprint density at radius 1 is 1.47 bits per heavy atom. The average Bonchev–Trinajstić information content (AvgIpc) is 2.35. The smallest absolute Gasteiger partial charge is 0.274 e. The molecule has 0 saturated heterocycles. The third-order valence-corrected chi connectivity index (χ3v) is 3.16. The minimum absolute atomic E-state index is 0. The third kappa shape index (κ3) is 4.05. The molecule has 0 aromatic heterocycles. The van der Waals surface area contributed by atoms with Crippen LogP contribution in [0.3, 0.4) is 0 Å². The molecule has 1 aromatic rings. The van der Waals surface area contributed by atoms with E-state index < -0.39 is 17.1 Å². The molecule has 0 aliphatic heterocycles. The zero-order valence-electron chi connectivity index (χ0n) is 10.8. The molecule has 6 nitrogen and oxygen atoms in total. The van der Waals surface area contributed by atoms with Gasteiger partial charge < -0.3 is 15.9 Å². The first-order chi connectivity index (χ1) is 8.38. The number of hydrogen-bond donors (Lipinski definition) is 3. The van der Waals surface area contributed by atoms with Crippen LogP contribution in [0.4, 0.5) is 5.69 Å². The van der Waals surface area contributed by atoms with Crippen LogP contribution in [0, 0.1) is 16.0 Å². The van der Waals surface area contributed by atoms with E-state index in [2.05, 4.69) is 0 Å². The van der Waals surface area contributed by atoms with Gasteiger partial charge in [0.15, 0.2) is 0 Å². The van der Waals surface area contributed by atoms with Gasteiger partial charge in [0.2, 0.25) is 0 Å². The van der Waals surface area contributed by atoms with Gasteiger partial charge in [0, 0.05) is 6.07 Å². The molecule has 3 atom stereocenters. The fraction of sp³-hybridized carbons (Fsp3) is 0.500. The van der Waals surface area contributed by atoms with Crippen LogP contribution >= 0.6 is 12.4 Å². The summed E-state index contributed by atoms with van der Waals surface area (Å²) < 4.78 is 0. The zero-order chi connectivity index (χ0) is 13.9. The normalized spacial score (nSPS) is 15.2. The molecular weight excluding hydrogens is 272 g/mol. The lowest BCUT2D eigenvalue weighted by Gasteiger charge is -2.24. The Kier molecular flexibility index (Phi) is 6.75. The van der Waals surface area contributed by atoms with Crippen molar-refractivity contribution < 1.29 is 15.1 Å². The van der Waals surface area contributed by atoms with Gasteiger partial charge in [-0.15, -0.1) is 12.4 Å². The topological polar surface area (TPSA) is 110 Å². The van der Waals surface area contributed by atoms with Crippen LogP contribution in [0.5, 0.6) is 5.75 Å². The maximum absolute atomic E-state index is 10.9. The fourth-order valence-corrected chi connectivity index (χ4v) is 1.75. The van der Waals surface area contributed by atoms with E-state index in [4.69, 9.17) is 5.73 Å². The summed E-state index contributed by atoms with van der Waals surface area (Å²) in [5.74, 6) is -0.190. The number of nitrogens with two attached hydrogens (primary N) is 1. The van der Waals surface area contributed by atoms with Crippen LogP contribution in [0.1, 0.15) is 31.9 Å². The number of hydrogen-bond acceptors (Lipinski definition) is 5. The minimum atomic E-state index is -0.896. The molecule has 0 aliphatic rings. The van der Waals surface area contributed by atoms with Gasteiger partial charge in [-0.3, -0.25) is 10.1 Å². The van der Waals surface area contributed by atoms with Crippen LogP contribution in [-0.4, -0.2) is 21.2 Å². The molecule has 4 N–H and O–H groups in total. The molecule has 0 amide bonds. The molecule has 0 fully saturated rings. The van der Waals surface area contributed by atoms with E-state index in [1.165, 1.54) is 18.2 Å². The van der Waals surface area contributed by atoms with Gasteiger partial charge in [-0.05, 0) is 18.1 Å². The number of nitrogens with zero attached hydrogens (tertiary/aromatic N) is 1. The van der Waals surface area contributed by atoms with E-state index in [-0.39, 0.29) is 35.3 Å². The summed E-state index contributed by atoms with van der Waals surface area (Å²) in [7, 11) is 0. The second kappa shape index (κ2) is 7.28. The lowest BCUT2D eigenvalue weighted by molar-refractivity contribution is -0.385. The molecule has 0 bridgehead atoms. The second-order valence-electron chi connectivity index (χ2n) is 4.40. The fourth-order valence-electron chi connectivity index (χ4n) is 1.75. The van der Waals surface area contributed by atoms with Crippen molar-refractivity contribution in [1.82, 2.24) is 0 Å². The Morgan fingerprint density at radius 2 is 2.05 bits per heavy atom. The summed E-state index contributed by atoms with van der Waals surface area (Å²) in [4.78, 5) is 10.3. The monoisotopic (exact) mass is 290 g/mol. The molecule has 108 valence electrons. The molecular formula is C12H19ClN2O4. The largest absolute Gasteiger partial charge is 0.508 e. The van der Waals surface area contributed by atoms with E-state index in [1.54, 1.807) is 0 Å². The Bertz CT molecular complexity index is 442. The predicted molar refractivity (Wildman–Crippen MR) is 74.4 cm³/mol. The van der Waals surface area contributed by atoms with Gasteiger partial charge in [-0.2, -0.15) is 0 Å². The number of phenols is 1. The summed E-state index contributed by atoms with van der Waals surface area (Å²) in [6.07, 6.45) is -0.183. The summed E-state index contributed by atoms with van der Waals surface area (Å²) in [6.45, 7) is 3.72. The third-order valence-electron chi connectivity index (χ3n) is 3.16. The minimum Gasteiger partial charge on any atom is -0.508 e. The van der Waals surface area contributed by atoms with Crippen LogP contribution in [0.2, 0.25) is 0 Å². The van der Waals surface area contributed by atoms with E-state index in [0.29, 0.717) is 6.42 Å². The summed E-state index contributed by atoms with van der Waals surface area (Å²) in [5.41, 5.74) is 5.81. The number of aliphatic hydroxyl groups is 1. The Balaban J connectivity index is 0.00000324. The van der Waals surface area contributed by atoms with Crippen LogP contribution in [-0.2, 0) is 0 Å². The maximum Gasteiger partial charge on any atom is 0.274 e. The average molecular weight is 291 g/mol. The molecule has 1 rings (SSSR count). The zero-order valence-corrected chi connectivity index (χ0v) is 11.6. The first kappa shape index (κ1) is 17.6. The highest BCUT2D eigenvalue weighted by molar-refractivity contribution is 5.85. The van der Waals surface area contributed by atoms with Crippen molar-refractivity contribution in [1.29, 1.82) is 0 Å². The molecule has 1 unspecified atom stereocenters. The number of aromatic hydroxyl groups is 1. The van der Waals surface area contributed by atoms with Crippen LogP contribution in [0.25, 0.3) is 0 Å². The molecule has 0 heterocycles. The highest BCUT2D eigenvalue weighted by atomic mass is 35.5. The SMILES string of the molecule is CCC(C)[C@@H](O)[C@@H](N)c1cc(O)ccc1[N+](=O)[O-].Cl. The van der Waals surface area contributed by atoms with E-state index >= 15 is 0 Å². The van der Waals surface area contributed by atoms with Crippen molar-refractivity contribution in [2.45, 2.75) is 32.4 Å². The van der Waals surface area contributed by atoms with Gasteiger partial charge in [-0.1, -0.05) is 20.3 Å². The van der Waals surface area contributed by atoms with Crippen molar-refractivity contribution in [3.63, 3.8) is 0 Å². The molecule has 0 spiro atoms. The lowest BCUT2D eigenvalue weighted by atomic mass is 9.91. The predicted octanol–water partition coefficient (Wildman–Crippen LogP) is 2.13. The van der Waals surface area contributed by atoms with Gasteiger partial charge in [0.05, 0.1) is 22.6 Å². The standard InChI is InChI=1S/C12H18N2O4.ClH/c1-3-7(2)12(16)11(13)9-6-8(15)4-5-10(9)14(17)18;/h4-7,11-12,15-16H,3,13H2,1-2H3;1H/t7?,11-,12+;/m0./s1. The van der Waals surface area contributed by atoms with Crippen molar-refractivity contribution >= 4 is 18.1 Å². The molecule has 1 aromatic carbocycles. The number of rotatable bonds is 5. The molecule has 0 radical (unpaired) electrons. The first-order valence-corrected chi connectivity index (χ1v) is 5.79. The number of halogens is 1. The highest BCUT2D eigenvalue weighted by Crippen LogP contribution is 2.31. The molecule has 7 heteroatoms. The van der Waals surface area contributed by atoms with Crippen molar-refractivity contribution in [3.8, 4) is 5.75 Å². The summed E-state index contributed by atoms with van der Waals surface area (Å²) in [5, 5.41) is 30.3. The Labute approximate surface area is 117 Å². The quantitative estimate of drug-likeness (QED) is 0.568. The van der Waals surface area contributed by atoms with E-state index in [0.717, 1.165) is 0 Å². The number of phenolic OH excluding ortho intramolecular Hbond substituents is 1. The summed E-state index contributed by atoms with van der Waals surface area (Å²) in [6, 6.07) is 2.75. The highest BCUT2D eigenvalue weighted by Gasteiger charge is 2.28. The number of nitro benzene ring substituents is 1. The van der Waals surface area contributed by atoms with Gasteiger partial charge in [0.1, 0.15) is 5.75 Å².